The zero-order valence-corrected chi connectivity index (χ0v) is 10.7. The highest BCUT2D eigenvalue weighted by atomic mass is 16.5. The van der Waals surface area contributed by atoms with E-state index in [0.29, 0.717) is 13.2 Å². The van der Waals surface area contributed by atoms with Gasteiger partial charge in [-0.2, -0.15) is 0 Å². The molecule has 17 heavy (non-hydrogen) atoms. The lowest BCUT2D eigenvalue weighted by Gasteiger charge is -2.08. The number of hydrogen-bond donors (Lipinski definition) is 1. The van der Waals surface area contributed by atoms with E-state index in [-0.39, 0.29) is 6.10 Å². The zero-order chi connectivity index (χ0) is 12.4. The Morgan fingerprint density at radius 3 is 2.71 bits per heavy atom. The first-order valence-electron chi connectivity index (χ1n) is 6.00. The molecule has 3 nitrogen and oxygen atoms in total. The fourth-order valence-electron chi connectivity index (χ4n) is 1.97. The van der Waals surface area contributed by atoms with Gasteiger partial charge in [-0.15, -0.1) is 0 Å². The van der Waals surface area contributed by atoms with E-state index in [1.807, 2.05) is 0 Å². The average molecular weight is 232 g/mol. The van der Waals surface area contributed by atoms with Crippen LogP contribution in [0.2, 0.25) is 0 Å². The minimum absolute atomic E-state index is 0.257. The van der Waals surface area contributed by atoms with Crippen LogP contribution in [0.5, 0.6) is 0 Å². The maximum Gasteiger partial charge on any atom is 0.0871 e. The van der Waals surface area contributed by atoms with Crippen molar-refractivity contribution in [2.75, 3.05) is 0 Å². The van der Waals surface area contributed by atoms with E-state index in [4.69, 9.17) is 10.5 Å². The second-order valence-corrected chi connectivity index (χ2v) is 4.65. The van der Waals surface area contributed by atoms with Crippen LogP contribution in [0.4, 0.5) is 0 Å². The first-order valence-corrected chi connectivity index (χ1v) is 6.00. The van der Waals surface area contributed by atoms with Gasteiger partial charge in [0.1, 0.15) is 0 Å². The molecule has 2 rings (SSSR count). The van der Waals surface area contributed by atoms with Gasteiger partial charge in [0.25, 0.3) is 0 Å². The summed E-state index contributed by atoms with van der Waals surface area (Å²) in [6.45, 7) is 5.34. The molecule has 1 aromatic heterocycles. The molecule has 0 saturated heterocycles. The standard InChI is InChI=1S/C14H20N2O/c1-10(2)17-9-13-7-12-6-11(8-15)4-5-14(12)16(13)3/h4-7,10H,8-9,15H2,1-3H3. The molecule has 0 fully saturated rings. The van der Waals surface area contributed by atoms with Gasteiger partial charge < -0.3 is 15.0 Å². The number of fused-ring (bicyclic) bond motifs is 1. The number of benzene rings is 1. The number of hydrogen-bond acceptors (Lipinski definition) is 2. The van der Waals surface area contributed by atoms with Crippen LogP contribution < -0.4 is 5.73 Å². The largest absolute Gasteiger partial charge is 0.373 e. The normalized spacial score (nSPS) is 11.6. The Morgan fingerprint density at radius 2 is 2.06 bits per heavy atom. The summed E-state index contributed by atoms with van der Waals surface area (Å²) in [6, 6.07) is 8.52. The summed E-state index contributed by atoms with van der Waals surface area (Å²) in [5.74, 6) is 0. The first-order chi connectivity index (χ1) is 8.11. The minimum atomic E-state index is 0.257. The number of ether oxygens (including phenoxy) is 1. The summed E-state index contributed by atoms with van der Waals surface area (Å²) in [6.07, 6.45) is 0.257. The molecule has 1 heterocycles. The van der Waals surface area contributed by atoms with Crippen molar-refractivity contribution in [2.24, 2.45) is 12.8 Å². The van der Waals surface area contributed by atoms with Gasteiger partial charge in [0.05, 0.1) is 12.7 Å². The molecule has 2 aromatic rings. The number of aromatic nitrogens is 1. The molecule has 0 radical (unpaired) electrons. The molecule has 0 atom stereocenters. The number of nitrogens with two attached hydrogens (primary N) is 1. The lowest BCUT2D eigenvalue weighted by molar-refractivity contribution is 0.0624. The summed E-state index contributed by atoms with van der Waals surface area (Å²) in [4.78, 5) is 0. The molecule has 0 aliphatic rings. The van der Waals surface area contributed by atoms with Gasteiger partial charge in [0.2, 0.25) is 0 Å². The van der Waals surface area contributed by atoms with Crippen LogP contribution in [0.15, 0.2) is 24.3 Å². The first kappa shape index (κ1) is 12.1. The predicted octanol–water partition coefficient (Wildman–Crippen LogP) is 2.56. The smallest absolute Gasteiger partial charge is 0.0871 e. The van der Waals surface area contributed by atoms with E-state index < -0.39 is 0 Å². The maximum atomic E-state index is 5.65. The SMILES string of the molecule is CC(C)OCc1cc2cc(CN)ccc2n1C. The van der Waals surface area contributed by atoms with Gasteiger partial charge in [0.15, 0.2) is 0 Å². The van der Waals surface area contributed by atoms with E-state index in [2.05, 4.69) is 49.7 Å². The summed E-state index contributed by atoms with van der Waals surface area (Å²) >= 11 is 0. The van der Waals surface area contributed by atoms with E-state index in [9.17, 15) is 0 Å². The van der Waals surface area contributed by atoms with Crippen LogP contribution in [0, 0.1) is 0 Å². The molecule has 2 N–H and O–H groups in total. The monoisotopic (exact) mass is 232 g/mol. The third-order valence-electron chi connectivity index (χ3n) is 3.01. The van der Waals surface area contributed by atoms with Crippen molar-refractivity contribution < 1.29 is 4.74 Å². The van der Waals surface area contributed by atoms with Crippen LogP contribution in [0.1, 0.15) is 25.1 Å². The maximum absolute atomic E-state index is 5.65. The van der Waals surface area contributed by atoms with Crippen LogP contribution >= 0.6 is 0 Å². The van der Waals surface area contributed by atoms with Gasteiger partial charge in [-0.25, -0.2) is 0 Å². The third-order valence-corrected chi connectivity index (χ3v) is 3.01. The van der Waals surface area contributed by atoms with Crippen molar-refractivity contribution in [3.05, 3.63) is 35.5 Å². The fourth-order valence-corrected chi connectivity index (χ4v) is 1.97. The summed E-state index contributed by atoms with van der Waals surface area (Å²) in [7, 11) is 2.07. The van der Waals surface area contributed by atoms with Crippen LogP contribution in [-0.2, 0) is 24.9 Å². The predicted molar refractivity (Wildman–Crippen MR) is 70.7 cm³/mol. The Hall–Kier alpha value is -1.32. The molecule has 1 aromatic carbocycles. The lowest BCUT2D eigenvalue weighted by Crippen LogP contribution is -2.05. The Kier molecular flexibility index (Phi) is 3.50. The van der Waals surface area contributed by atoms with Crippen molar-refractivity contribution in [1.29, 1.82) is 0 Å². The van der Waals surface area contributed by atoms with Crippen molar-refractivity contribution in [1.82, 2.24) is 4.57 Å². The van der Waals surface area contributed by atoms with Crippen molar-refractivity contribution in [3.8, 4) is 0 Å². The third kappa shape index (κ3) is 2.51. The topological polar surface area (TPSA) is 40.2 Å². The minimum Gasteiger partial charge on any atom is -0.373 e. The Labute approximate surface area is 102 Å². The van der Waals surface area contributed by atoms with Gasteiger partial charge in [0, 0.05) is 30.2 Å². The van der Waals surface area contributed by atoms with E-state index >= 15 is 0 Å². The zero-order valence-electron chi connectivity index (χ0n) is 10.7. The molecule has 0 amide bonds. The Morgan fingerprint density at radius 1 is 1.29 bits per heavy atom. The van der Waals surface area contributed by atoms with Crippen molar-refractivity contribution in [3.63, 3.8) is 0 Å². The van der Waals surface area contributed by atoms with E-state index in [0.717, 1.165) is 0 Å². The van der Waals surface area contributed by atoms with Crippen molar-refractivity contribution >= 4 is 10.9 Å². The van der Waals surface area contributed by atoms with Crippen LogP contribution in [0.3, 0.4) is 0 Å². The van der Waals surface area contributed by atoms with Gasteiger partial charge in [-0.3, -0.25) is 0 Å². The molecule has 3 heteroatoms. The molecule has 0 spiro atoms. The second kappa shape index (κ2) is 4.90. The Bertz CT molecular complexity index is 514. The molecule has 0 aliphatic carbocycles. The highest BCUT2D eigenvalue weighted by Gasteiger charge is 2.07. The molecule has 0 aliphatic heterocycles. The van der Waals surface area contributed by atoms with Crippen molar-refractivity contribution in [2.45, 2.75) is 33.1 Å². The summed E-state index contributed by atoms with van der Waals surface area (Å²) in [5, 5.41) is 1.23. The van der Waals surface area contributed by atoms with Gasteiger partial charge in [-0.1, -0.05) is 6.07 Å². The molecule has 0 saturated carbocycles. The Balaban J connectivity index is 2.34. The molecular formula is C14H20N2O. The molecular weight excluding hydrogens is 212 g/mol. The highest BCUT2D eigenvalue weighted by molar-refractivity contribution is 5.82. The van der Waals surface area contributed by atoms with Crippen LogP contribution in [0.25, 0.3) is 10.9 Å². The fraction of sp³-hybridized carbons (Fsp3) is 0.429. The number of nitrogens with zero attached hydrogens (tertiary/aromatic N) is 1. The van der Waals surface area contributed by atoms with Gasteiger partial charge >= 0.3 is 0 Å². The van der Waals surface area contributed by atoms with E-state index in [1.54, 1.807) is 0 Å². The number of rotatable bonds is 4. The lowest BCUT2D eigenvalue weighted by atomic mass is 10.1. The average Bonchev–Trinajstić information content (AvgIpc) is 2.63. The number of aryl methyl sites for hydroxylation is 1. The molecule has 0 bridgehead atoms. The van der Waals surface area contributed by atoms with Crippen LogP contribution in [-0.4, -0.2) is 10.7 Å². The molecule has 92 valence electrons. The quantitative estimate of drug-likeness (QED) is 0.880. The second-order valence-electron chi connectivity index (χ2n) is 4.65. The van der Waals surface area contributed by atoms with Gasteiger partial charge in [-0.05, 0) is 37.6 Å². The molecule has 0 unspecified atom stereocenters. The summed E-state index contributed by atoms with van der Waals surface area (Å²) < 4.78 is 7.83. The summed E-state index contributed by atoms with van der Waals surface area (Å²) in [5.41, 5.74) is 9.24. The van der Waals surface area contributed by atoms with E-state index in [1.165, 1.54) is 22.2 Å². The highest BCUT2D eigenvalue weighted by Crippen LogP contribution is 2.21.